The lowest BCUT2D eigenvalue weighted by molar-refractivity contribution is -0.114. The predicted molar refractivity (Wildman–Crippen MR) is 60.5 cm³/mol. The van der Waals surface area contributed by atoms with Crippen molar-refractivity contribution in [1.82, 2.24) is 4.90 Å². The average molecular weight is 204 g/mol. The molecule has 1 aliphatic rings. The van der Waals surface area contributed by atoms with Gasteiger partial charge >= 0.3 is 0 Å². The zero-order valence-electron chi connectivity index (χ0n) is 9.21. The van der Waals surface area contributed by atoms with E-state index < -0.39 is 0 Å². The highest BCUT2D eigenvalue weighted by Crippen LogP contribution is 2.25. The number of amides is 1. The second-order valence-corrected chi connectivity index (χ2v) is 3.97. The minimum absolute atomic E-state index is 0.0136. The van der Waals surface area contributed by atoms with Gasteiger partial charge in [-0.25, -0.2) is 0 Å². The second-order valence-electron chi connectivity index (χ2n) is 3.97. The summed E-state index contributed by atoms with van der Waals surface area (Å²) in [6.07, 6.45) is 0. The zero-order valence-corrected chi connectivity index (χ0v) is 9.21. The third-order valence-corrected chi connectivity index (χ3v) is 2.76. The summed E-state index contributed by atoms with van der Waals surface area (Å²) in [6.45, 7) is 6.81. The molecule has 15 heavy (non-hydrogen) atoms. The number of benzene rings is 1. The van der Waals surface area contributed by atoms with Gasteiger partial charge in [-0.3, -0.25) is 9.69 Å². The van der Waals surface area contributed by atoms with Gasteiger partial charge in [0.15, 0.2) is 0 Å². The molecule has 0 bridgehead atoms. The van der Waals surface area contributed by atoms with Crippen molar-refractivity contribution in [3.05, 3.63) is 29.3 Å². The smallest absolute Gasteiger partial charge is 0.221 e. The lowest BCUT2D eigenvalue weighted by atomic mass is 10.1. The number of carbonyl (C=O) groups is 1. The van der Waals surface area contributed by atoms with Gasteiger partial charge in [0.25, 0.3) is 0 Å². The highest BCUT2D eigenvalue weighted by molar-refractivity contribution is 5.88. The van der Waals surface area contributed by atoms with Crippen LogP contribution in [0.1, 0.15) is 25.0 Å². The normalized spacial score (nSPS) is 15.1. The van der Waals surface area contributed by atoms with E-state index in [9.17, 15) is 4.79 Å². The molecule has 0 saturated carbocycles. The van der Waals surface area contributed by atoms with Crippen LogP contribution in [0.15, 0.2) is 18.2 Å². The maximum absolute atomic E-state index is 10.9. The van der Waals surface area contributed by atoms with Crippen LogP contribution < -0.4 is 5.32 Å². The number of hydrogen-bond donors (Lipinski definition) is 1. The van der Waals surface area contributed by atoms with Crippen LogP contribution in [0, 0.1) is 0 Å². The van der Waals surface area contributed by atoms with Crippen molar-refractivity contribution in [2.75, 3.05) is 11.9 Å². The van der Waals surface area contributed by atoms with Gasteiger partial charge in [-0.2, -0.15) is 0 Å². The number of hydrogen-bond acceptors (Lipinski definition) is 2. The molecule has 1 N–H and O–H groups in total. The molecule has 80 valence electrons. The summed E-state index contributed by atoms with van der Waals surface area (Å²) < 4.78 is 0. The van der Waals surface area contributed by atoms with Crippen LogP contribution in [0.3, 0.4) is 0 Å². The van der Waals surface area contributed by atoms with Gasteiger partial charge < -0.3 is 5.32 Å². The second kappa shape index (κ2) is 4.03. The van der Waals surface area contributed by atoms with Crippen molar-refractivity contribution in [2.45, 2.75) is 26.9 Å². The summed E-state index contributed by atoms with van der Waals surface area (Å²) in [7, 11) is 0. The molecule has 2 rings (SSSR count). The van der Waals surface area contributed by atoms with Crippen molar-refractivity contribution >= 4 is 11.6 Å². The van der Waals surface area contributed by atoms with Crippen molar-refractivity contribution in [3.63, 3.8) is 0 Å². The van der Waals surface area contributed by atoms with Crippen LogP contribution in [0.4, 0.5) is 5.69 Å². The monoisotopic (exact) mass is 204 g/mol. The molecule has 0 atom stereocenters. The van der Waals surface area contributed by atoms with Crippen LogP contribution in [0.25, 0.3) is 0 Å². The summed E-state index contributed by atoms with van der Waals surface area (Å²) in [4.78, 5) is 13.3. The zero-order chi connectivity index (χ0) is 10.8. The lowest BCUT2D eigenvalue weighted by Gasteiger charge is -2.09. The van der Waals surface area contributed by atoms with Gasteiger partial charge in [0.05, 0.1) is 0 Å². The molecule has 0 aliphatic carbocycles. The highest BCUT2D eigenvalue weighted by atomic mass is 16.1. The number of nitrogens with zero attached hydrogens (tertiary/aromatic N) is 1. The van der Waals surface area contributed by atoms with Crippen LogP contribution in [-0.2, 0) is 17.9 Å². The van der Waals surface area contributed by atoms with E-state index in [2.05, 4.69) is 29.3 Å². The first-order valence-electron chi connectivity index (χ1n) is 5.31. The Bertz CT molecular complexity index is 387. The number of rotatable bonds is 2. The summed E-state index contributed by atoms with van der Waals surface area (Å²) >= 11 is 0. The molecule has 0 spiro atoms. The van der Waals surface area contributed by atoms with Crippen molar-refractivity contribution in [3.8, 4) is 0 Å². The molecule has 0 radical (unpaired) electrons. The fourth-order valence-electron chi connectivity index (χ4n) is 1.97. The Labute approximate surface area is 90.1 Å². The van der Waals surface area contributed by atoms with Gasteiger partial charge in [0.1, 0.15) is 0 Å². The molecule has 1 aromatic carbocycles. The number of carbonyl (C=O) groups excluding carboxylic acids is 1. The first kappa shape index (κ1) is 10.2. The molecule has 0 fully saturated rings. The maximum Gasteiger partial charge on any atom is 0.221 e. The van der Waals surface area contributed by atoms with E-state index in [0.29, 0.717) is 0 Å². The van der Waals surface area contributed by atoms with Crippen molar-refractivity contribution in [1.29, 1.82) is 0 Å². The number of anilines is 1. The molecule has 0 saturated heterocycles. The molecule has 0 unspecified atom stereocenters. The maximum atomic E-state index is 10.9. The van der Waals surface area contributed by atoms with Crippen LogP contribution in [0.5, 0.6) is 0 Å². The largest absolute Gasteiger partial charge is 0.326 e. The quantitative estimate of drug-likeness (QED) is 0.799. The molecule has 1 amide bonds. The van der Waals surface area contributed by atoms with Crippen LogP contribution >= 0.6 is 0 Å². The molecule has 1 aliphatic heterocycles. The Kier molecular flexibility index (Phi) is 2.73. The lowest BCUT2D eigenvalue weighted by Crippen LogP contribution is -2.14. The van der Waals surface area contributed by atoms with Gasteiger partial charge in [-0.15, -0.1) is 0 Å². The third kappa shape index (κ3) is 2.18. The molecular weight excluding hydrogens is 188 g/mol. The Balaban J connectivity index is 2.18. The fraction of sp³-hybridized carbons (Fsp3) is 0.417. The van der Waals surface area contributed by atoms with E-state index in [1.165, 1.54) is 18.1 Å². The molecule has 3 nitrogen and oxygen atoms in total. The van der Waals surface area contributed by atoms with Gasteiger partial charge in [0, 0.05) is 25.7 Å². The molecule has 3 heteroatoms. The Morgan fingerprint density at radius 2 is 2.13 bits per heavy atom. The fourth-order valence-corrected chi connectivity index (χ4v) is 1.97. The Hall–Kier alpha value is -1.35. The first-order chi connectivity index (χ1) is 7.19. The summed E-state index contributed by atoms with van der Waals surface area (Å²) in [5.74, 6) is -0.0136. The van der Waals surface area contributed by atoms with E-state index in [-0.39, 0.29) is 5.91 Å². The predicted octanol–water partition coefficient (Wildman–Crippen LogP) is 1.98. The van der Waals surface area contributed by atoms with E-state index in [0.717, 1.165) is 25.3 Å². The van der Waals surface area contributed by atoms with Gasteiger partial charge in [-0.1, -0.05) is 13.0 Å². The standard InChI is InChI=1S/C12H16N2O/c1-3-14-7-10-4-5-12(13-9(2)15)6-11(10)8-14/h4-6H,3,7-8H2,1-2H3,(H,13,15). The minimum Gasteiger partial charge on any atom is -0.326 e. The molecular formula is C12H16N2O. The SMILES string of the molecule is CCN1Cc2ccc(NC(C)=O)cc2C1. The number of nitrogens with one attached hydrogen (secondary N) is 1. The van der Waals surface area contributed by atoms with E-state index in [1.807, 2.05) is 6.07 Å². The Morgan fingerprint density at radius 1 is 1.40 bits per heavy atom. The number of fused-ring (bicyclic) bond motifs is 1. The minimum atomic E-state index is -0.0136. The molecule has 0 aromatic heterocycles. The van der Waals surface area contributed by atoms with E-state index >= 15 is 0 Å². The van der Waals surface area contributed by atoms with E-state index in [4.69, 9.17) is 0 Å². The Morgan fingerprint density at radius 3 is 2.80 bits per heavy atom. The van der Waals surface area contributed by atoms with Gasteiger partial charge in [-0.05, 0) is 29.8 Å². The van der Waals surface area contributed by atoms with Crippen molar-refractivity contribution < 1.29 is 4.79 Å². The first-order valence-corrected chi connectivity index (χ1v) is 5.31. The highest BCUT2D eigenvalue weighted by Gasteiger charge is 2.17. The van der Waals surface area contributed by atoms with Crippen molar-refractivity contribution in [2.24, 2.45) is 0 Å². The summed E-state index contributed by atoms with van der Waals surface area (Å²) in [5.41, 5.74) is 3.62. The summed E-state index contributed by atoms with van der Waals surface area (Å²) in [6, 6.07) is 6.15. The van der Waals surface area contributed by atoms with Crippen LogP contribution in [0.2, 0.25) is 0 Å². The molecule has 1 aromatic rings. The topological polar surface area (TPSA) is 32.3 Å². The molecule has 1 heterocycles. The third-order valence-electron chi connectivity index (χ3n) is 2.76. The van der Waals surface area contributed by atoms with E-state index in [1.54, 1.807) is 0 Å². The van der Waals surface area contributed by atoms with Gasteiger partial charge in [0.2, 0.25) is 5.91 Å². The van der Waals surface area contributed by atoms with Crippen LogP contribution in [-0.4, -0.2) is 17.4 Å². The summed E-state index contributed by atoms with van der Waals surface area (Å²) in [5, 5.41) is 2.81. The average Bonchev–Trinajstić information content (AvgIpc) is 2.58.